The number of hydrogen-bond donors (Lipinski definition) is 3. The van der Waals surface area contributed by atoms with Crippen molar-refractivity contribution in [2.45, 2.75) is 12.2 Å². The highest BCUT2D eigenvalue weighted by Gasteiger charge is 2.43. The number of hydrogen-bond acceptors (Lipinski definition) is 5. The number of amides is 2. The van der Waals surface area contributed by atoms with Gasteiger partial charge in [-0.1, -0.05) is 18.2 Å². The minimum Gasteiger partial charge on any atom is -0.484 e. The molecule has 1 atom stereocenters. The molecule has 1 aliphatic heterocycles. The van der Waals surface area contributed by atoms with Crippen LogP contribution in [0, 0.1) is 0 Å². The Morgan fingerprint density at radius 1 is 1.11 bits per heavy atom. The third-order valence-corrected chi connectivity index (χ3v) is 4.02. The van der Waals surface area contributed by atoms with E-state index in [-0.39, 0.29) is 19.7 Å². The number of alkyl halides is 3. The highest BCUT2D eigenvalue weighted by molar-refractivity contribution is 5.85. The molecule has 2 rings (SSSR count). The number of rotatable bonds is 8. The summed E-state index contributed by atoms with van der Waals surface area (Å²) in [5.74, 6) is -0.725. The molecule has 1 heterocycles. The van der Waals surface area contributed by atoms with Crippen molar-refractivity contribution < 1.29 is 27.5 Å². The summed E-state index contributed by atoms with van der Waals surface area (Å²) in [6.45, 7) is 0.197. The maximum atomic E-state index is 13.2. The molecule has 1 aromatic rings. The summed E-state index contributed by atoms with van der Waals surface area (Å²) in [6, 6.07) is 6.89. The zero-order valence-electron chi connectivity index (χ0n) is 14.7. The highest BCUT2D eigenvalue weighted by Crippen LogP contribution is 2.24. The van der Waals surface area contributed by atoms with Crippen molar-refractivity contribution in [3.05, 3.63) is 30.3 Å². The van der Waals surface area contributed by atoms with Gasteiger partial charge < -0.3 is 20.7 Å². The molecule has 3 N–H and O–H groups in total. The second-order valence-corrected chi connectivity index (χ2v) is 6.03. The number of carbonyl (C=O) groups excluding carboxylic acids is 2. The molecule has 1 fully saturated rings. The van der Waals surface area contributed by atoms with Gasteiger partial charge in [-0.15, -0.1) is 0 Å². The van der Waals surface area contributed by atoms with E-state index in [0.717, 1.165) is 0 Å². The van der Waals surface area contributed by atoms with Crippen LogP contribution >= 0.6 is 0 Å². The Bertz CT molecular complexity index is 607. The fourth-order valence-electron chi connectivity index (χ4n) is 2.61. The van der Waals surface area contributed by atoms with Crippen molar-refractivity contribution in [1.29, 1.82) is 0 Å². The first-order valence-corrected chi connectivity index (χ1v) is 8.59. The summed E-state index contributed by atoms with van der Waals surface area (Å²) in [5.41, 5.74) is 0. The number of nitrogens with one attached hydrogen (secondary N) is 3. The smallest absolute Gasteiger partial charge is 0.405 e. The summed E-state index contributed by atoms with van der Waals surface area (Å²) in [6.07, 6.45) is -4.45. The predicted molar refractivity (Wildman–Crippen MR) is 92.2 cm³/mol. The van der Waals surface area contributed by atoms with E-state index in [9.17, 15) is 22.8 Å². The summed E-state index contributed by atoms with van der Waals surface area (Å²) in [7, 11) is 0. The lowest BCUT2D eigenvalue weighted by Crippen LogP contribution is -2.58. The third-order valence-electron chi connectivity index (χ3n) is 4.02. The number of carbonyl (C=O) groups is 2. The van der Waals surface area contributed by atoms with Crippen LogP contribution in [0.2, 0.25) is 0 Å². The lowest BCUT2D eigenvalue weighted by Gasteiger charge is -2.35. The topological polar surface area (TPSA) is 82.7 Å². The number of benzene rings is 1. The lowest BCUT2D eigenvalue weighted by atomic mass is 10.2. The van der Waals surface area contributed by atoms with E-state index in [1.54, 1.807) is 30.3 Å². The van der Waals surface area contributed by atoms with E-state index in [4.69, 9.17) is 4.74 Å². The van der Waals surface area contributed by atoms with E-state index in [2.05, 4.69) is 16.0 Å². The van der Waals surface area contributed by atoms with Crippen LogP contribution < -0.4 is 20.7 Å². The van der Waals surface area contributed by atoms with Gasteiger partial charge in [0.15, 0.2) is 6.61 Å². The summed E-state index contributed by atoms with van der Waals surface area (Å²) in [5, 5.41) is 7.54. The van der Waals surface area contributed by atoms with Crippen LogP contribution in [0.1, 0.15) is 0 Å². The first-order valence-electron chi connectivity index (χ1n) is 8.59. The average Bonchev–Trinajstić information content (AvgIpc) is 2.65. The van der Waals surface area contributed by atoms with E-state index in [0.29, 0.717) is 18.8 Å². The van der Waals surface area contributed by atoms with Crippen LogP contribution in [0.25, 0.3) is 0 Å². The monoisotopic (exact) mass is 388 g/mol. The quantitative estimate of drug-likeness (QED) is 0.590. The van der Waals surface area contributed by atoms with Crippen molar-refractivity contribution in [3.63, 3.8) is 0 Å². The SMILES string of the molecule is O=C(CNC(=O)COc1ccccc1)NCC(N1CCNCC1)C(F)(F)F. The van der Waals surface area contributed by atoms with Gasteiger partial charge in [0.1, 0.15) is 11.8 Å². The van der Waals surface area contributed by atoms with Crippen LogP contribution in [0.15, 0.2) is 30.3 Å². The van der Waals surface area contributed by atoms with Crippen molar-refractivity contribution >= 4 is 11.8 Å². The molecule has 1 unspecified atom stereocenters. The normalized spacial score (nSPS) is 16.4. The predicted octanol–water partition coefficient (Wildman–Crippen LogP) is 0.134. The van der Waals surface area contributed by atoms with Crippen LogP contribution in [0.4, 0.5) is 13.2 Å². The molecular formula is C17H23F3N4O3. The van der Waals surface area contributed by atoms with Gasteiger partial charge in [-0.25, -0.2) is 0 Å². The Morgan fingerprint density at radius 2 is 1.78 bits per heavy atom. The Hall–Kier alpha value is -2.33. The molecule has 27 heavy (non-hydrogen) atoms. The van der Waals surface area contributed by atoms with Crippen molar-refractivity contribution in [1.82, 2.24) is 20.9 Å². The molecule has 1 aromatic carbocycles. The van der Waals surface area contributed by atoms with Gasteiger partial charge in [-0.05, 0) is 12.1 Å². The standard InChI is InChI=1S/C17H23F3N4O3/c18-17(19,20)14(24-8-6-21-7-9-24)10-22-15(25)11-23-16(26)12-27-13-4-2-1-3-5-13/h1-5,14,21H,6-12H2,(H,22,25)(H,23,26). The van der Waals surface area contributed by atoms with Gasteiger partial charge in [0, 0.05) is 32.7 Å². The molecule has 0 bridgehead atoms. The summed E-state index contributed by atoms with van der Waals surface area (Å²) < 4.78 is 44.9. The molecule has 0 saturated carbocycles. The van der Waals surface area contributed by atoms with Crippen LogP contribution in [-0.2, 0) is 9.59 Å². The molecule has 0 aromatic heterocycles. The van der Waals surface area contributed by atoms with Crippen LogP contribution in [0.5, 0.6) is 5.75 Å². The highest BCUT2D eigenvalue weighted by atomic mass is 19.4. The van der Waals surface area contributed by atoms with Crippen molar-refractivity contribution in [2.75, 3.05) is 45.9 Å². The molecule has 150 valence electrons. The first kappa shape index (κ1) is 21.0. The molecule has 0 radical (unpaired) electrons. The molecule has 0 spiro atoms. The lowest BCUT2D eigenvalue weighted by molar-refractivity contribution is -0.184. The second-order valence-electron chi connectivity index (χ2n) is 6.03. The van der Waals surface area contributed by atoms with Gasteiger partial charge in [0.25, 0.3) is 5.91 Å². The Morgan fingerprint density at radius 3 is 2.41 bits per heavy atom. The minimum absolute atomic E-state index is 0.258. The first-order chi connectivity index (χ1) is 12.9. The maximum absolute atomic E-state index is 13.2. The molecule has 1 aliphatic rings. The fourth-order valence-corrected chi connectivity index (χ4v) is 2.61. The largest absolute Gasteiger partial charge is 0.484 e. The summed E-state index contributed by atoms with van der Waals surface area (Å²) >= 11 is 0. The van der Waals surface area contributed by atoms with E-state index < -0.39 is 37.1 Å². The molecule has 7 nitrogen and oxygen atoms in total. The number of ether oxygens (including phenoxy) is 1. The zero-order valence-corrected chi connectivity index (χ0v) is 14.7. The molecule has 10 heteroatoms. The van der Waals surface area contributed by atoms with Gasteiger partial charge in [-0.2, -0.15) is 13.2 Å². The van der Waals surface area contributed by atoms with E-state index in [1.165, 1.54) is 4.90 Å². The minimum atomic E-state index is -4.45. The molecular weight excluding hydrogens is 365 g/mol. The molecule has 1 saturated heterocycles. The number of nitrogens with zero attached hydrogens (tertiary/aromatic N) is 1. The summed E-state index contributed by atoms with van der Waals surface area (Å²) in [4.78, 5) is 24.7. The van der Waals surface area contributed by atoms with Crippen molar-refractivity contribution in [3.8, 4) is 5.75 Å². The second kappa shape index (κ2) is 10.1. The number of para-hydroxylation sites is 1. The Balaban J connectivity index is 1.71. The molecule has 2 amide bonds. The third kappa shape index (κ3) is 7.43. The fraction of sp³-hybridized carbons (Fsp3) is 0.529. The number of piperazine rings is 1. The van der Waals surface area contributed by atoms with Crippen LogP contribution in [0.3, 0.4) is 0 Å². The van der Waals surface area contributed by atoms with Gasteiger partial charge >= 0.3 is 6.18 Å². The van der Waals surface area contributed by atoms with Gasteiger partial charge in [-0.3, -0.25) is 14.5 Å². The Labute approximate surface area is 155 Å². The average molecular weight is 388 g/mol. The van der Waals surface area contributed by atoms with Crippen molar-refractivity contribution in [2.24, 2.45) is 0 Å². The molecule has 0 aliphatic carbocycles. The number of halogens is 3. The maximum Gasteiger partial charge on any atom is 0.405 e. The zero-order chi connectivity index (χ0) is 19.7. The van der Waals surface area contributed by atoms with Gasteiger partial charge in [0.05, 0.1) is 6.54 Å². The Kier molecular flexibility index (Phi) is 7.86. The van der Waals surface area contributed by atoms with Gasteiger partial charge in [0.2, 0.25) is 5.91 Å². The van der Waals surface area contributed by atoms with Crippen LogP contribution in [-0.4, -0.2) is 74.8 Å². The van der Waals surface area contributed by atoms with E-state index >= 15 is 0 Å². The van der Waals surface area contributed by atoms with E-state index in [1.807, 2.05) is 0 Å².